The third kappa shape index (κ3) is 6.72. The number of alkyl halides is 2. The zero-order valence-electron chi connectivity index (χ0n) is 23.8. The molecule has 218 valence electrons. The van der Waals surface area contributed by atoms with E-state index < -0.39 is 12.5 Å². The number of ether oxygens (including phenoxy) is 1. The van der Waals surface area contributed by atoms with Crippen molar-refractivity contribution in [2.75, 3.05) is 37.7 Å². The molecule has 2 aromatic heterocycles. The molecule has 1 aromatic carbocycles. The van der Waals surface area contributed by atoms with Crippen LogP contribution in [-0.2, 0) is 0 Å². The Labute approximate surface area is 239 Å². The van der Waals surface area contributed by atoms with Gasteiger partial charge < -0.3 is 19.3 Å². The summed E-state index contributed by atoms with van der Waals surface area (Å²) in [4.78, 5) is 13.9. The number of benzene rings is 1. The van der Waals surface area contributed by atoms with Crippen molar-refractivity contribution >= 4 is 17.4 Å². The highest BCUT2D eigenvalue weighted by Gasteiger charge is 2.31. The highest BCUT2D eigenvalue weighted by atomic mass is 35.5. The van der Waals surface area contributed by atoms with Crippen LogP contribution in [0.1, 0.15) is 50.1 Å². The summed E-state index contributed by atoms with van der Waals surface area (Å²) < 4.78 is 37.8. The number of aliphatic hydroxyl groups is 1. The average molecular weight is 578 g/mol. The lowest BCUT2D eigenvalue weighted by Crippen LogP contribution is -2.54. The number of aliphatic hydroxyl groups excluding tert-OH is 1. The molecule has 3 heterocycles. The van der Waals surface area contributed by atoms with E-state index in [1.54, 1.807) is 18.2 Å². The number of halogens is 3. The van der Waals surface area contributed by atoms with E-state index in [0.29, 0.717) is 65.4 Å². The molecule has 8 nitrogen and oxygen atoms in total. The fraction of sp³-hybridized carbons (Fsp3) is 0.552. The van der Waals surface area contributed by atoms with Gasteiger partial charge in [0.15, 0.2) is 5.82 Å². The molecule has 11 heteroatoms. The van der Waals surface area contributed by atoms with Gasteiger partial charge in [-0.2, -0.15) is 0 Å². The van der Waals surface area contributed by atoms with Gasteiger partial charge in [0.2, 0.25) is 0 Å². The fourth-order valence-electron chi connectivity index (χ4n) is 5.26. The van der Waals surface area contributed by atoms with Crippen LogP contribution in [0.15, 0.2) is 22.7 Å². The van der Waals surface area contributed by atoms with E-state index in [0.717, 1.165) is 29.8 Å². The van der Waals surface area contributed by atoms with Crippen LogP contribution in [-0.4, -0.2) is 76.5 Å². The second-order valence-electron chi connectivity index (χ2n) is 10.3. The van der Waals surface area contributed by atoms with Crippen molar-refractivity contribution in [3.8, 4) is 28.4 Å². The quantitative estimate of drug-likeness (QED) is 0.293. The average Bonchev–Trinajstić information content (AvgIpc) is 3.26. The number of aryl methyl sites for hydroxylation is 2. The van der Waals surface area contributed by atoms with E-state index in [2.05, 4.69) is 10.1 Å². The van der Waals surface area contributed by atoms with Crippen molar-refractivity contribution < 1.29 is 23.1 Å². The van der Waals surface area contributed by atoms with Gasteiger partial charge >= 0.3 is 0 Å². The smallest absolute Gasteiger partial charge is 0.251 e. The van der Waals surface area contributed by atoms with Crippen LogP contribution < -0.4 is 9.64 Å². The van der Waals surface area contributed by atoms with Gasteiger partial charge in [-0.1, -0.05) is 37.0 Å². The summed E-state index contributed by atoms with van der Waals surface area (Å²) >= 11 is 6.67. The standard InChI is InChI=1S/C29H38ClF2N5O3/c1-6-8-21(38)16-39-22-9-10-24(30)23(13-22)28-33-27(26-18(4)35-40-19(26)5)17(3)29(34-28)37-12-11-36(15-25(31)32)20(7-2)14-37/h9-10,13,20-21,25,38H,6-8,11-12,14-16H2,1-5H3/t20-,21-/m1/s1. The van der Waals surface area contributed by atoms with Crippen LogP contribution in [0.3, 0.4) is 0 Å². The van der Waals surface area contributed by atoms with Crippen molar-refractivity contribution in [3.63, 3.8) is 0 Å². The van der Waals surface area contributed by atoms with Crippen LogP contribution >= 0.6 is 11.6 Å². The molecule has 40 heavy (non-hydrogen) atoms. The van der Waals surface area contributed by atoms with Crippen LogP contribution in [0.4, 0.5) is 14.6 Å². The monoisotopic (exact) mass is 577 g/mol. The van der Waals surface area contributed by atoms with Gasteiger partial charge in [0.1, 0.15) is 23.9 Å². The molecule has 1 aliphatic heterocycles. The van der Waals surface area contributed by atoms with Gasteiger partial charge in [0.25, 0.3) is 6.43 Å². The van der Waals surface area contributed by atoms with Crippen LogP contribution in [0.25, 0.3) is 22.6 Å². The summed E-state index contributed by atoms with van der Waals surface area (Å²) in [6.45, 7) is 11.2. The second kappa shape index (κ2) is 13.2. The SMILES string of the molecule is CCC[C@@H](O)COc1ccc(Cl)c(-c2nc(-c3c(C)noc3C)c(C)c(N3CCN(CC(F)F)[C@H](CC)C3)n2)c1. The highest BCUT2D eigenvalue weighted by Crippen LogP contribution is 2.37. The lowest BCUT2D eigenvalue weighted by molar-refractivity contribution is 0.0586. The first-order valence-electron chi connectivity index (χ1n) is 13.8. The van der Waals surface area contributed by atoms with E-state index >= 15 is 0 Å². The minimum atomic E-state index is -2.38. The zero-order valence-corrected chi connectivity index (χ0v) is 24.5. The number of nitrogens with zero attached hydrogens (tertiary/aromatic N) is 5. The van der Waals surface area contributed by atoms with Gasteiger partial charge in [0, 0.05) is 36.8 Å². The number of rotatable bonds is 11. The summed E-state index contributed by atoms with van der Waals surface area (Å²) in [5.74, 6) is 2.31. The Morgan fingerprint density at radius 3 is 2.60 bits per heavy atom. The zero-order chi connectivity index (χ0) is 29.0. The molecule has 0 spiro atoms. The van der Waals surface area contributed by atoms with Crippen molar-refractivity contribution in [3.05, 3.63) is 40.2 Å². The number of piperazine rings is 1. The molecule has 1 N–H and O–H groups in total. The van der Waals surface area contributed by atoms with E-state index in [1.807, 2.05) is 39.5 Å². The number of hydrogen-bond acceptors (Lipinski definition) is 8. The van der Waals surface area contributed by atoms with Crippen molar-refractivity contribution in [1.29, 1.82) is 0 Å². The molecule has 2 atom stereocenters. The van der Waals surface area contributed by atoms with Crippen LogP contribution in [0.2, 0.25) is 5.02 Å². The molecule has 1 aliphatic rings. The lowest BCUT2D eigenvalue weighted by Gasteiger charge is -2.42. The predicted octanol–water partition coefficient (Wildman–Crippen LogP) is 6.08. The van der Waals surface area contributed by atoms with Crippen LogP contribution in [0.5, 0.6) is 5.75 Å². The molecule has 1 fully saturated rings. The van der Waals surface area contributed by atoms with E-state index in [4.69, 9.17) is 30.8 Å². The minimum absolute atomic E-state index is 0.0297. The molecule has 3 aromatic rings. The van der Waals surface area contributed by atoms with Crippen LogP contribution in [0, 0.1) is 20.8 Å². The topological polar surface area (TPSA) is 87.7 Å². The van der Waals surface area contributed by atoms with Crippen molar-refractivity contribution in [2.24, 2.45) is 0 Å². The summed E-state index contributed by atoms with van der Waals surface area (Å²) in [6, 6.07) is 5.23. The molecule has 0 aliphatic carbocycles. The predicted molar refractivity (Wildman–Crippen MR) is 152 cm³/mol. The Morgan fingerprint density at radius 1 is 1.18 bits per heavy atom. The third-order valence-electron chi connectivity index (χ3n) is 7.38. The Hall–Kier alpha value is -2.82. The molecule has 0 unspecified atom stereocenters. The molecule has 1 saturated heterocycles. The minimum Gasteiger partial charge on any atom is -0.491 e. The van der Waals surface area contributed by atoms with Gasteiger partial charge in [-0.25, -0.2) is 18.7 Å². The van der Waals surface area contributed by atoms with Gasteiger partial charge in [-0.3, -0.25) is 4.90 Å². The Kier molecular flexibility index (Phi) is 9.97. The maximum absolute atomic E-state index is 13.2. The maximum atomic E-state index is 13.2. The first kappa shape index (κ1) is 30.1. The summed E-state index contributed by atoms with van der Waals surface area (Å²) in [7, 11) is 0. The molecular weight excluding hydrogens is 540 g/mol. The normalized spacial score (nSPS) is 17.1. The Morgan fingerprint density at radius 2 is 1.95 bits per heavy atom. The van der Waals surface area contributed by atoms with Gasteiger partial charge in [-0.15, -0.1) is 0 Å². The number of anilines is 1. The maximum Gasteiger partial charge on any atom is 0.251 e. The molecule has 0 radical (unpaired) electrons. The van der Waals surface area contributed by atoms with Gasteiger partial charge in [0.05, 0.1) is 34.6 Å². The summed E-state index contributed by atoms with van der Waals surface area (Å²) in [6.07, 6.45) is -0.691. The second-order valence-corrected chi connectivity index (χ2v) is 10.7. The molecule has 0 saturated carbocycles. The van der Waals surface area contributed by atoms with E-state index in [9.17, 15) is 13.9 Å². The molecule has 0 amide bonds. The molecule has 0 bridgehead atoms. The lowest BCUT2D eigenvalue weighted by atomic mass is 10.0. The number of aromatic nitrogens is 3. The van der Waals surface area contributed by atoms with Gasteiger partial charge in [-0.05, 0) is 51.8 Å². The summed E-state index contributed by atoms with van der Waals surface area (Å²) in [5.41, 5.74) is 3.61. The Balaban J connectivity index is 1.78. The Bertz CT molecular complexity index is 1290. The fourth-order valence-corrected chi connectivity index (χ4v) is 5.46. The van der Waals surface area contributed by atoms with E-state index in [1.165, 1.54) is 0 Å². The summed E-state index contributed by atoms with van der Waals surface area (Å²) in [5, 5.41) is 14.7. The van der Waals surface area contributed by atoms with E-state index in [-0.39, 0.29) is 19.2 Å². The third-order valence-corrected chi connectivity index (χ3v) is 7.71. The number of hydrogen-bond donors (Lipinski definition) is 1. The largest absolute Gasteiger partial charge is 0.491 e. The first-order valence-corrected chi connectivity index (χ1v) is 14.2. The first-order chi connectivity index (χ1) is 19.1. The highest BCUT2D eigenvalue weighted by molar-refractivity contribution is 6.33. The molecule has 4 rings (SSSR count). The molecular formula is C29H38ClF2N5O3. The van der Waals surface area contributed by atoms with Crippen molar-refractivity contribution in [2.45, 2.75) is 72.5 Å². The van der Waals surface area contributed by atoms with Crippen molar-refractivity contribution in [1.82, 2.24) is 20.0 Å².